The van der Waals surface area contributed by atoms with E-state index in [-0.39, 0.29) is 26.1 Å². The van der Waals surface area contributed by atoms with Crippen LogP contribution in [0.5, 0.6) is 11.5 Å². The third-order valence-corrected chi connectivity index (χ3v) is 12.3. The summed E-state index contributed by atoms with van der Waals surface area (Å²) < 4.78 is 32.9. The molecule has 10 nitrogen and oxygen atoms in total. The van der Waals surface area contributed by atoms with Crippen molar-refractivity contribution in [1.29, 1.82) is 0 Å². The predicted molar refractivity (Wildman–Crippen MR) is 217 cm³/mol. The Kier molecular flexibility index (Phi) is 16.9. The van der Waals surface area contributed by atoms with Crippen molar-refractivity contribution in [2.45, 2.75) is 68.3 Å². The number of nitrogens with zero attached hydrogens (tertiary/aromatic N) is 1. The highest BCUT2D eigenvalue weighted by Crippen LogP contribution is 2.54. The summed E-state index contributed by atoms with van der Waals surface area (Å²) in [7, 11) is -4.21. The lowest BCUT2D eigenvalue weighted by Crippen LogP contribution is -2.55. The van der Waals surface area contributed by atoms with Gasteiger partial charge in [0, 0.05) is 22.8 Å². The predicted octanol–water partition coefficient (Wildman–Crippen LogP) is 9.05. The van der Waals surface area contributed by atoms with Crippen LogP contribution in [0, 0.1) is 5.92 Å². The van der Waals surface area contributed by atoms with E-state index in [1.54, 1.807) is 47.8 Å². The fourth-order valence-corrected chi connectivity index (χ4v) is 8.47. The largest absolute Gasteiger partial charge is 0.453 e. The fraction of sp³-hybridized carbons (Fsp3) is 0.341. The van der Waals surface area contributed by atoms with Gasteiger partial charge in [-0.2, -0.15) is 0 Å². The first-order valence-corrected chi connectivity index (χ1v) is 22.0. The number of rotatable bonds is 20. The number of nitrogens with one attached hydrogen (secondary N) is 2. The summed E-state index contributed by atoms with van der Waals surface area (Å²) in [6.45, 7) is 5.56. The summed E-state index contributed by atoms with van der Waals surface area (Å²) in [4.78, 5) is 44.7. The smallest absolute Gasteiger partial charge is 0.445 e. The summed E-state index contributed by atoms with van der Waals surface area (Å²) in [5, 5.41) is 5.56. The van der Waals surface area contributed by atoms with Gasteiger partial charge in [-0.1, -0.05) is 87.9 Å². The zero-order valence-electron chi connectivity index (χ0n) is 31.4. The van der Waals surface area contributed by atoms with E-state index in [9.17, 15) is 14.4 Å². The first-order valence-electron chi connectivity index (χ1n) is 17.9. The molecule has 0 radical (unpaired) electrons. The molecule has 0 unspecified atom stereocenters. The van der Waals surface area contributed by atoms with Gasteiger partial charge in [-0.05, 0) is 84.5 Å². The summed E-state index contributed by atoms with van der Waals surface area (Å²) in [6.07, 6.45) is 4.70. The maximum Gasteiger partial charge on any atom is 0.453 e. The van der Waals surface area contributed by atoms with Gasteiger partial charge in [0.15, 0.2) is 5.78 Å². The van der Waals surface area contributed by atoms with E-state index in [2.05, 4.69) is 10.6 Å². The number of amides is 3. The van der Waals surface area contributed by atoms with E-state index >= 15 is 4.57 Å². The minimum Gasteiger partial charge on any atom is -0.445 e. The molecule has 0 fully saturated rings. The van der Waals surface area contributed by atoms with Crippen molar-refractivity contribution in [3.8, 4) is 11.5 Å². The number of hydrogen-bond donors (Lipinski definition) is 2. The number of carbonyl (C=O) groups excluding carboxylic acids is 3. The molecule has 288 valence electrons. The molecule has 4 aromatic carbocycles. The number of hydrogen-bond acceptors (Lipinski definition) is 9. The molecule has 0 heterocycles. The molecule has 54 heavy (non-hydrogen) atoms. The van der Waals surface area contributed by atoms with Crippen molar-refractivity contribution >= 4 is 49.0 Å². The molecule has 2 atom stereocenters. The summed E-state index contributed by atoms with van der Waals surface area (Å²) in [6, 6.07) is 31.9. The Morgan fingerprint density at radius 1 is 0.759 bits per heavy atom. The molecule has 0 bridgehead atoms. The zero-order chi connectivity index (χ0) is 38.9. The van der Waals surface area contributed by atoms with Crippen molar-refractivity contribution in [3.63, 3.8) is 0 Å². The normalized spacial score (nSPS) is 12.3. The Morgan fingerprint density at radius 3 is 1.76 bits per heavy atom. The maximum absolute atomic E-state index is 15.1. The molecule has 4 rings (SSSR count). The highest BCUT2D eigenvalue weighted by molar-refractivity contribution is 7.98. The lowest BCUT2D eigenvalue weighted by Gasteiger charge is -2.35. The summed E-state index contributed by atoms with van der Waals surface area (Å²) in [5.74, 6) is -1.88. The first kappa shape index (κ1) is 42.4. The van der Waals surface area contributed by atoms with E-state index in [1.165, 1.54) is 4.90 Å². The Balaban J connectivity index is 1.64. The second-order valence-electron chi connectivity index (χ2n) is 12.8. The number of alkyl carbamates (subject to hydrolysis) is 1. The molecule has 0 aromatic heterocycles. The van der Waals surface area contributed by atoms with Crippen LogP contribution < -0.4 is 19.7 Å². The summed E-state index contributed by atoms with van der Waals surface area (Å²) >= 11 is 3.13. The molecular formula is C41H50N3O7PS2. The van der Waals surface area contributed by atoms with Crippen LogP contribution in [0.4, 0.5) is 4.79 Å². The van der Waals surface area contributed by atoms with E-state index in [0.29, 0.717) is 17.9 Å². The van der Waals surface area contributed by atoms with Crippen LogP contribution in [0.15, 0.2) is 119 Å². The highest BCUT2D eigenvalue weighted by Gasteiger charge is 2.44. The van der Waals surface area contributed by atoms with Crippen molar-refractivity contribution in [1.82, 2.24) is 15.5 Å². The lowest BCUT2D eigenvalue weighted by molar-refractivity contribution is -0.140. The van der Waals surface area contributed by atoms with Crippen LogP contribution in [0.1, 0.15) is 44.7 Å². The molecule has 13 heteroatoms. The molecule has 0 aliphatic heterocycles. The van der Waals surface area contributed by atoms with Crippen LogP contribution in [-0.4, -0.2) is 60.2 Å². The van der Waals surface area contributed by atoms with Gasteiger partial charge in [-0.3, -0.25) is 9.59 Å². The number of unbranched alkanes of at least 4 members (excludes halogenated alkanes) is 1. The van der Waals surface area contributed by atoms with Crippen LogP contribution >= 0.6 is 31.1 Å². The molecular weight excluding hydrogens is 742 g/mol. The van der Waals surface area contributed by atoms with E-state index < -0.39 is 43.2 Å². The van der Waals surface area contributed by atoms with Crippen molar-refractivity contribution in [2.24, 2.45) is 5.92 Å². The number of thioether (sulfide) groups is 2. The summed E-state index contributed by atoms with van der Waals surface area (Å²) in [5.41, 5.74) is 1.63. The number of ether oxygens (including phenoxy) is 1. The Bertz CT molecular complexity index is 1760. The number of benzene rings is 4. The van der Waals surface area contributed by atoms with Crippen LogP contribution in [-0.2, 0) is 31.9 Å². The third kappa shape index (κ3) is 12.9. The molecule has 3 amide bonds. The van der Waals surface area contributed by atoms with Gasteiger partial charge in [0.1, 0.15) is 30.7 Å². The first-order chi connectivity index (χ1) is 26.0. The van der Waals surface area contributed by atoms with Gasteiger partial charge in [-0.15, -0.1) is 23.5 Å². The Labute approximate surface area is 327 Å². The maximum atomic E-state index is 15.1. The Hall–Kier alpha value is -4.38. The quantitative estimate of drug-likeness (QED) is 0.0667. The monoisotopic (exact) mass is 791 g/mol. The minimum absolute atomic E-state index is 0.0453. The molecule has 4 aromatic rings. The standard InChI is InChI=1S/C41H50N3O7PS2/c1-6-7-26-44(38(45)28-42-41(47)49-29-32-16-12-9-13-17-32)37(27-31-14-10-8-11-15-31)39(46)43-40(30(2)3)52(48,50-33-18-22-35(53-4)23-19-33)51-34-20-24-36(54-5)25-21-34/h8-25,30,37,40H,6-7,26-29H2,1-5H3,(H,42,47)(H,43,46)/t37-,40-/m0/s1. The molecule has 2 N–H and O–H groups in total. The molecule has 0 saturated carbocycles. The topological polar surface area (TPSA) is 123 Å². The van der Waals surface area contributed by atoms with Crippen LogP contribution in [0.25, 0.3) is 0 Å². The molecule has 0 saturated heterocycles. The molecule has 0 aliphatic rings. The van der Waals surface area contributed by atoms with Crippen LogP contribution in [0.3, 0.4) is 0 Å². The second kappa shape index (κ2) is 21.5. The van der Waals surface area contributed by atoms with Gasteiger partial charge in [0.05, 0.1) is 0 Å². The minimum atomic E-state index is -4.21. The van der Waals surface area contributed by atoms with Crippen molar-refractivity contribution in [2.75, 3.05) is 25.6 Å². The zero-order valence-corrected chi connectivity index (χ0v) is 34.0. The van der Waals surface area contributed by atoms with Gasteiger partial charge in [0.2, 0.25) is 11.8 Å². The van der Waals surface area contributed by atoms with E-state index in [1.807, 2.05) is 118 Å². The van der Waals surface area contributed by atoms with E-state index in [4.69, 9.17) is 13.8 Å². The number of carbonyl (C=O) groups is 3. The Morgan fingerprint density at radius 2 is 1.28 bits per heavy atom. The van der Waals surface area contributed by atoms with Crippen LogP contribution in [0.2, 0.25) is 0 Å². The lowest BCUT2D eigenvalue weighted by atomic mass is 10.0. The SMILES string of the molecule is CCCCN(C(=O)CNC(=O)OCc1ccccc1)[C@@H](Cc1ccccc1)C(=O)N[C@H](C(C)C)P(=O)(Oc1ccc(SC)cc1)Oc1ccc(SC)cc1. The second-order valence-corrected chi connectivity index (χ2v) is 16.6. The van der Waals surface area contributed by atoms with Crippen molar-refractivity contribution in [3.05, 3.63) is 120 Å². The fourth-order valence-electron chi connectivity index (χ4n) is 5.54. The van der Waals surface area contributed by atoms with Gasteiger partial charge >= 0.3 is 13.7 Å². The molecule has 0 spiro atoms. The van der Waals surface area contributed by atoms with Gasteiger partial charge < -0.3 is 29.3 Å². The van der Waals surface area contributed by atoms with E-state index in [0.717, 1.165) is 27.3 Å². The van der Waals surface area contributed by atoms with Gasteiger partial charge in [-0.25, -0.2) is 9.36 Å². The average Bonchev–Trinajstić information content (AvgIpc) is 3.19. The van der Waals surface area contributed by atoms with Crippen molar-refractivity contribution < 1.29 is 32.7 Å². The average molecular weight is 792 g/mol. The molecule has 0 aliphatic carbocycles. The van der Waals surface area contributed by atoms with Gasteiger partial charge in [0.25, 0.3) is 0 Å². The third-order valence-electron chi connectivity index (χ3n) is 8.47. The highest BCUT2D eigenvalue weighted by atomic mass is 32.2.